The molecule has 5 heteroatoms. The number of ether oxygens (including phenoxy) is 1. The predicted molar refractivity (Wildman–Crippen MR) is 84.1 cm³/mol. The number of carbonyl (C=O) groups excluding carboxylic acids is 1. The molecule has 0 aliphatic rings. The number of rotatable bonds is 6. The van der Waals surface area contributed by atoms with Gasteiger partial charge in [-0.3, -0.25) is 4.79 Å². The quantitative estimate of drug-likeness (QED) is 0.878. The van der Waals surface area contributed by atoms with Gasteiger partial charge in [-0.2, -0.15) is 0 Å². The zero-order chi connectivity index (χ0) is 14.4. The van der Waals surface area contributed by atoms with Crippen LogP contribution < -0.4 is 10.5 Å². The van der Waals surface area contributed by atoms with Gasteiger partial charge in [0, 0.05) is 19.2 Å². The molecule has 0 saturated carbocycles. The summed E-state index contributed by atoms with van der Waals surface area (Å²) in [5.41, 5.74) is 6.89. The minimum absolute atomic E-state index is 0. The molecule has 20 heavy (non-hydrogen) atoms. The van der Waals surface area contributed by atoms with Gasteiger partial charge >= 0.3 is 0 Å². The van der Waals surface area contributed by atoms with Crippen molar-refractivity contribution in [2.45, 2.75) is 33.4 Å². The van der Waals surface area contributed by atoms with Crippen molar-refractivity contribution in [3.8, 4) is 5.75 Å². The van der Waals surface area contributed by atoms with Crippen molar-refractivity contribution in [2.75, 3.05) is 13.7 Å². The molecule has 0 saturated heterocycles. The molecular weight excluding hydrogens is 276 g/mol. The van der Waals surface area contributed by atoms with E-state index in [0.717, 1.165) is 11.3 Å². The SMILES string of the molecule is CCOc1ccccc1CN(C)C(=O)[C@@H](N)C(C)C.Cl. The molecule has 0 aliphatic carbocycles. The number of nitrogens with zero attached hydrogens (tertiary/aromatic N) is 1. The predicted octanol–water partition coefficient (Wildman–Crippen LogP) is 2.45. The molecule has 0 spiro atoms. The zero-order valence-electron chi connectivity index (χ0n) is 12.6. The van der Waals surface area contributed by atoms with Gasteiger partial charge in [0.25, 0.3) is 0 Å². The molecule has 0 radical (unpaired) electrons. The van der Waals surface area contributed by atoms with E-state index in [4.69, 9.17) is 10.5 Å². The van der Waals surface area contributed by atoms with Gasteiger partial charge in [-0.05, 0) is 18.9 Å². The van der Waals surface area contributed by atoms with Gasteiger partial charge in [-0.15, -0.1) is 12.4 Å². The Morgan fingerprint density at radius 2 is 1.95 bits per heavy atom. The maximum atomic E-state index is 12.1. The number of hydrogen-bond donors (Lipinski definition) is 1. The largest absolute Gasteiger partial charge is 0.494 e. The molecular formula is C15H25ClN2O2. The Hall–Kier alpha value is -1.26. The highest BCUT2D eigenvalue weighted by Gasteiger charge is 2.21. The third kappa shape index (κ3) is 5.02. The Bertz CT molecular complexity index is 424. The van der Waals surface area contributed by atoms with Gasteiger partial charge in [0.05, 0.1) is 12.6 Å². The van der Waals surface area contributed by atoms with E-state index in [0.29, 0.717) is 13.2 Å². The highest BCUT2D eigenvalue weighted by atomic mass is 35.5. The third-order valence-corrected chi connectivity index (χ3v) is 3.06. The molecule has 0 aliphatic heterocycles. The molecule has 1 amide bonds. The second kappa shape index (κ2) is 8.82. The first-order valence-electron chi connectivity index (χ1n) is 6.68. The van der Waals surface area contributed by atoms with E-state index < -0.39 is 6.04 Å². The molecule has 4 nitrogen and oxygen atoms in total. The standard InChI is InChI=1S/C15H24N2O2.ClH/c1-5-19-13-9-7-6-8-12(13)10-17(4)15(18)14(16)11(2)3;/h6-9,11,14H,5,10,16H2,1-4H3;1H/t14-;/m0./s1. The maximum absolute atomic E-state index is 12.1. The molecule has 0 bridgehead atoms. The van der Waals surface area contributed by atoms with E-state index in [1.54, 1.807) is 11.9 Å². The summed E-state index contributed by atoms with van der Waals surface area (Å²) in [6.45, 7) is 6.96. The van der Waals surface area contributed by atoms with Crippen LogP contribution in [0.4, 0.5) is 0 Å². The average Bonchev–Trinajstić information content (AvgIpc) is 2.39. The average molecular weight is 301 g/mol. The molecule has 0 fully saturated rings. The smallest absolute Gasteiger partial charge is 0.239 e. The fraction of sp³-hybridized carbons (Fsp3) is 0.533. The topological polar surface area (TPSA) is 55.6 Å². The summed E-state index contributed by atoms with van der Waals surface area (Å²) in [7, 11) is 1.77. The van der Waals surface area contributed by atoms with Crippen LogP contribution in [0.5, 0.6) is 5.75 Å². The number of carbonyl (C=O) groups is 1. The fourth-order valence-electron chi connectivity index (χ4n) is 1.80. The number of halogens is 1. The van der Waals surface area contributed by atoms with Crippen LogP contribution in [0.15, 0.2) is 24.3 Å². The summed E-state index contributed by atoms with van der Waals surface area (Å²) >= 11 is 0. The maximum Gasteiger partial charge on any atom is 0.239 e. The summed E-state index contributed by atoms with van der Waals surface area (Å²) in [4.78, 5) is 13.8. The molecule has 1 aromatic rings. The first-order chi connectivity index (χ1) is 8.97. The molecule has 1 aromatic carbocycles. The molecule has 2 N–H and O–H groups in total. The summed E-state index contributed by atoms with van der Waals surface area (Å²) in [5.74, 6) is 0.918. The van der Waals surface area contributed by atoms with E-state index in [1.165, 1.54) is 0 Å². The highest BCUT2D eigenvalue weighted by Crippen LogP contribution is 2.19. The van der Waals surface area contributed by atoms with E-state index in [1.807, 2.05) is 45.0 Å². The number of amides is 1. The Morgan fingerprint density at radius 3 is 2.50 bits per heavy atom. The second-order valence-electron chi connectivity index (χ2n) is 5.00. The number of benzene rings is 1. The highest BCUT2D eigenvalue weighted by molar-refractivity contribution is 5.85. The van der Waals surface area contributed by atoms with Crippen LogP contribution in [0.25, 0.3) is 0 Å². The molecule has 0 heterocycles. The number of nitrogens with two attached hydrogens (primary N) is 1. The van der Waals surface area contributed by atoms with E-state index in [9.17, 15) is 4.79 Å². The van der Waals surface area contributed by atoms with E-state index >= 15 is 0 Å². The van der Waals surface area contributed by atoms with Gasteiger partial charge in [0.15, 0.2) is 0 Å². The number of hydrogen-bond acceptors (Lipinski definition) is 3. The van der Waals surface area contributed by atoms with Crippen molar-refractivity contribution in [3.63, 3.8) is 0 Å². The van der Waals surface area contributed by atoms with Crippen LogP contribution in [0, 0.1) is 5.92 Å². The minimum atomic E-state index is -0.454. The van der Waals surface area contributed by atoms with Gasteiger partial charge in [0.1, 0.15) is 5.75 Å². The van der Waals surface area contributed by atoms with Crippen molar-refractivity contribution in [1.29, 1.82) is 0 Å². The molecule has 1 rings (SSSR count). The van der Waals surface area contributed by atoms with Crippen LogP contribution in [-0.2, 0) is 11.3 Å². The van der Waals surface area contributed by atoms with E-state index in [-0.39, 0.29) is 24.2 Å². The lowest BCUT2D eigenvalue weighted by Gasteiger charge is -2.24. The van der Waals surface area contributed by atoms with Crippen LogP contribution in [-0.4, -0.2) is 30.5 Å². The van der Waals surface area contributed by atoms with Crippen LogP contribution in [0.2, 0.25) is 0 Å². The Kier molecular flexibility index (Phi) is 8.26. The fourth-order valence-corrected chi connectivity index (χ4v) is 1.80. The number of para-hydroxylation sites is 1. The van der Waals surface area contributed by atoms with Crippen LogP contribution in [0.3, 0.4) is 0 Å². The first kappa shape index (κ1) is 18.7. The summed E-state index contributed by atoms with van der Waals surface area (Å²) < 4.78 is 5.56. The van der Waals surface area contributed by atoms with Crippen LogP contribution >= 0.6 is 12.4 Å². The molecule has 1 atom stereocenters. The Labute approximate surface area is 127 Å². The summed E-state index contributed by atoms with van der Waals surface area (Å²) in [5, 5.41) is 0. The van der Waals surface area contributed by atoms with Gasteiger partial charge in [0.2, 0.25) is 5.91 Å². The van der Waals surface area contributed by atoms with Crippen molar-refractivity contribution >= 4 is 18.3 Å². The summed E-state index contributed by atoms with van der Waals surface area (Å²) in [6, 6.07) is 7.30. The second-order valence-corrected chi connectivity index (χ2v) is 5.00. The molecule has 0 unspecified atom stereocenters. The van der Waals surface area contributed by atoms with Crippen LogP contribution in [0.1, 0.15) is 26.3 Å². The number of likely N-dealkylation sites (N-methyl/N-ethyl adjacent to an activating group) is 1. The van der Waals surface area contributed by atoms with Gasteiger partial charge in [-0.25, -0.2) is 0 Å². The van der Waals surface area contributed by atoms with Crippen molar-refractivity contribution < 1.29 is 9.53 Å². The van der Waals surface area contributed by atoms with Crippen molar-refractivity contribution in [3.05, 3.63) is 29.8 Å². The lowest BCUT2D eigenvalue weighted by atomic mass is 10.0. The Balaban J connectivity index is 0.00000361. The summed E-state index contributed by atoms with van der Waals surface area (Å²) in [6.07, 6.45) is 0. The van der Waals surface area contributed by atoms with Crippen molar-refractivity contribution in [1.82, 2.24) is 4.90 Å². The zero-order valence-corrected chi connectivity index (χ0v) is 13.4. The third-order valence-electron chi connectivity index (χ3n) is 3.06. The van der Waals surface area contributed by atoms with Gasteiger partial charge in [-0.1, -0.05) is 32.0 Å². The molecule has 0 aromatic heterocycles. The lowest BCUT2D eigenvalue weighted by Crippen LogP contribution is -2.44. The Morgan fingerprint density at radius 1 is 1.35 bits per heavy atom. The lowest BCUT2D eigenvalue weighted by molar-refractivity contribution is -0.132. The normalized spacial score (nSPS) is 11.7. The van der Waals surface area contributed by atoms with Gasteiger partial charge < -0.3 is 15.4 Å². The molecule has 114 valence electrons. The van der Waals surface area contributed by atoms with E-state index in [2.05, 4.69) is 0 Å². The monoisotopic (exact) mass is 300 g/mol. The minimum Gasteiger partial charge on any atom is -0.494 e. The first-order valence-corrected chi connectivity index (χ1v) is 6.68. The van der Waals surface area contributed by atoms with Crippen molar-refractivity contribution in [2.24, 2.45) is 11.7 Å².